The van der Waals surface area contributed by atoms with Gasteiger partial charge in [0.25, 0.3) is 5.91 Å². The highest BCUT2D eigenvalue weighted by Crippen LogP contribution is 2.24. The number of sulfonamides is 1. The van der Waals surface area contributed by atoms with E-state index in [9.17, 15) is 13.2 Å². The maximum absolute atomic E-state index is 12.6. The van der Waals surface area contributed by atoms with E-state index in [-0.39, 0.29) is 11.9 Å². The summed E-state index contributed by atoms with van der Waals surface area (Å²) in [4.78, 5) is 21.5. The molecule has 0 aliphatic carbocycles. The van der Waals surface area contributed by atoms with Gasteiger partial charge in [-0.05, 0) is 13.8 Å². The highest BCUT2D eigenvalue weighted by Gasteiger charge is 2.39. The van der Waals surface area contributed by atoms with Crippen LogP contribution in [-0.2, 0) is 14.8 Å². The number of hydrogen-bond acceptors (Lipinski definition) is 7. The van der Waals surface area contributed by atoms with Gasteiger partial charge in [-0.15, -0.1) is 11.3 Å². The predicted molar refractivity (Wildman–Crippen MR) is 100 cm³/mol. The first kappa shape index (κ1) is 19.7. The Kier molecular flexibility index (Phi) is 5.97. The van der Waals surface area contributed by atoms with Crippen molar-refractivity contribution < 1.29 is 17.9 Å². The van der Waals surface area contributed by atoms with Crippen LogP contribution >= 0.6 is 11.3 Å². The topological polar surface area (TPSA) is 83.1 Å². The van der Waals surface area contributed by atoms with E-state index in [4.69, 9.17) is 4.74 Å². The Hall–Kier alpha value is -1.07. The van der Waals surface area contributed by atoms with Gasteiger partial charge in [-0.25, -0.2) is 13.4 Å². The monoisotopic (exact) mass is 402 g/mol. The maximum atomic E-state index is 12.6. The number of carbonyl (C=O) groups is 1. The van der Waals surface area contributed by atoms with Gasteiger partial charge >= 0.3 is 0 Å². The second-order valence-electron chi connectivity index (χ2n) is 6.84. The van der Waals surface area contributed by atoms with Gasteiger partial charge in [0.05, 0.1) is 36.2 Å². The van der Waals surface area contributed by atoms with Gasteiger partial charge in [-0.1, -0.05) is 0 Å². The molecule has 0 saturated carbocycles. The van der Waals surface area contributed by atoms with Crippen molar-refractivity contribution in [3.05, 3.63) is 15.6 Å². The molecule has 26 heavy (non-hydrogen) atoms. The Morgan fingerprint density at radius 3 is 2.50 bits per heavy atom. The summed E-state index contributed by atoms with van der Waals surface area (Å²) in [5.41, 5.74) is 0.744. The lowest BCUT2D eigenvalue weighted by atomic mass is 10.1. The summed E-state index contributed by atoms with van der Waals surface area (Å²) in [5, 5.41) is 0.867. The van der Waals surface area contributed by atoms with Crippen molar-refractivity contribution in [3.63, 3.8) is 0 Å². The van der Waals surface area contributed by atoms with Crippen LogP contribution in [0.2, 0.25) is 0 Å². The zero-order chi connectivity index (χ0) is 18.9. The van der Waals surface area contributed by atoms with Crippen molar-refractivity contribution in [2.75, 3.05) is 58.7 Å². The normalized spacial score (nSPS) is 19.8. The molecule has 2 fully saturated rings. The average molecular weight is 403 g/mol. The molecule has 2 saturated heterocycles. The molecule has 1 aromatic rings. The van der Waals surface area contributed by atoms with E-state index in [1.807, 2.05) is 13.8 Å². The minimum absolute atomic E-state index is 0.0500. The molecule has 1 amide bonds. The summed E-state index contributed by atoms with van der Waals surface area (Å²) < 4.78 is 31.3. The Morgan fingerprint density at radius 2 is 1.96 bits per heavy atom. The lowest BCUT2D eigenvalue weighted by Gasteiger charge is -2.44. The Bertz CT molecular complexity index is 752. The highest BCUT2D eigenvalue weighted by atomic mass is 32.2. The fraction of sp³-hybridized carbons (Fsp3) is 0.750. The molecule has 8 nitrogen and oxygen atoms in total. The van der Waals surface area contributed by atoms with Crippen molar-refractivity contribution in [3.8, 4) is 0 Å². The standard InChI is InChI=1S/C16H26N4O4S2/c1-12-15(25-13(2)17-12)16(21)19-10-14(11-19)20(26(3,22)23)5-4-18-6-8-24-9-7-18/h14H,4-11H2,1-3H3. The molecule has 0 N–H and O–H groups in total. The summed E-state index contributed by atoms with van der Waals surface area (Å²) >= 11 is 1.39. The largest absolute Gasteiger partial charge is 0.379 e. The molecule has 0 atom stereocenters. The summed E-state index contributed by atoms with van der Waals surface area (Å²) in [5.74, 6) is -0.0500. The quantitative estimate of drug-likeness (QED) is 0.675. The van der Waals surface area contributed by atoms with E-state index in [1.54, 1.807) is 4.90 Å². The van der Waals surface area contributed by atoms with Gasteiger partial charge in [0.15, 0.2) is 0 Å². The third kappa shape index (κ3) is 4.42. The average Bonchev–Trinajstić information content (AvgIpc) is 2.87. The first-order valence-electron chi connectivity index (χ1n) is 8.76. The summed E-state index contributed by atoms with van der Waals surface area (Å²) in [6, 6.07) is -0.149. The van der Waals surface area contributed by atoms with Crippen molar-refractivity contribution in [1.29, 1.82) is 0 Å². The molecule has 0 spiro atoms. The SMILES string of the molecule is Cc1nc(C)c(C(=O)N2CC(N(CCN3CCOCC3)S(C)(=O)=O)C2)s1. The van der Waals surface area contributed by atoms with Crippen LogP contribution in [0.3, 0.4) is 0 Å². The third-order valence-electron chi connectivity index (χ3n) is 4.82. The number of morpholine rings is 1. The van der Waals surface area contributed by atoms with Crippen molar-refractivity contribution in [2.24, 2.45) is 0 Å². The number of thiazole rings is 1. The number of likely N-dealkylation sites (tertiary alicyclic amines) is 1. The first-order valence-corrected chi connectivity index (χ1v) is 11.4. The smallest absolute Gasteiger partial charge is 0.265 e. The van der Waals surface area contributed by atoms with Gasteiger partial charge in [0.1, 0.15) is 4.88 Å². The fourth-order valence-corrected chi connectivity index (χ4v) is 5.34. The molecular weight excluding hydrogens is 376 g/mol. The molecule has 2 aliphatic heterocycles. The Balaban J connectivity index is 1.58. The molecule has 146 valence electrons. The second-order valence-corrected chi connectivity index (χ2v) is 9.98. The second kappa shape index (κ2) is 7.89. The number of aromatic nitrogens is 1. The van der Waals surface area contributed by atoms with E-state index in [0.717, 1.165) is 23.8 Å². The minimum Gasteiger partial charge on any atom is -0.379 e. The number of aryl methyl sites for hydroxylation is 2. The van der Waals surface area contributed by atoms with Crippen LogP contribution in [-0.4, -0.2) is 98.2 Å². The minimum atomic E-state index is -3.32. The van der Waals surface area contributed by atoms with E-state index in [2.05, 4.69) is 9.88 Å². The number of nitrogens with zero attached hydrogens (tertiary/aromatic N) is 4. The molecule has 2 aliphatic rings. The number of amides is 1. The van der Waals surface area contributed by atoms with E-state index < -0.39 is 10.0 Å². The van der Waals surface area contributed by atoms with Gasteiger partial charge in [0, 0.05) is 39.3 Å². The molecule has 0 aromatic carbocycles. The summed E-state index contributed by atoms with van der Waals surface area (Å²) in [7, 11) is -3.32. The van der Waals surface area contributed by atoms with Gasteiger partial charge in [0.2, 0.25) is 10.0 Å². The molecule has 0 unspecified atom stereocenters. The van der Waals surface area contributed by atoms with Gasteiger partial charge in [-0.2, -0.15) is 4.31 Å². The van der Waals surface area contributed by atoms with Crippen molar-refractivity contribution in [2.45, 2.75) is 19.9 Å². The van der Waals surface area contributed by atoms with E-state index >= 15 is 0 Å². The molecule has 10 heteroatoms. The summed E-state index contributed by atoms with van der Waals surface area (Å²) in [6.45, 7) is 8.77. The van der Waals surface area contributed by atoms with Crippen LogP contribution < -0.4 is 0 Å². The van der Waals surface area contributed by atoms with E-state index in [0.29, 0.717) is 44.3 Å². The van der Waals surface area contributed by atoms with Gasteiger partial charge in [-0.3, -0.25) is 9.69 Å². The van der Waals surface area contributed by atoms with E-state index in [1.165, 1.54) is 21.9 Å². The number of ether oxygens (including phenoxy) is 1. The van der Waals surface area contributed by atoms with Crippen LogP contribution in [0.4, 0.5) is 0 Å². The Morgan fingerprint density at radius 1 is 1.31 bits per heavy atom. The number of hydrogen-bond donors (Lipinski definition) is 0. The molecule has 1 aromatic heterocycles. The molecule has 3 heterocycles. The van der Waals surface area contributed by atoms with Crippen molar-refractivity contribution in [1.82, 2.24) is 19.1 Å². The van der Waals surface area contributed by atoms with Crippen LogP contribution in [0.1, 0.15) is 20.4 Å². The molecule has 0 radical (unpaired) electrons. The fourth-order valence-electron chi connectivity index (χ4n) is 3.36. The zero-order valence-corrected chi connectivity index (χ0v) is 17.1. The van der Waals surface area contributed by atoms with Crippen molar-refractivity contribution >= 4 is 27.3 Å². The zero-order valence-electron chi connectivity index (χ0n) is 15.5. The summed E-state index contributed by atoms with van der Waals surface area (Å²) in [6.07, 6.45) is 1.24. The van der Waals surface area contributed by atoms with Crippen LogP contribution in [0.25, 0.3) is 0 Å². The van der Waals surface area contributed by atoms with Crippen LogP contribution in [0.5, 0.6) is 0 Å². The third-order valence-corrected chi connectivity index (χ3v) is 7.21. The lowest BCUT2D eigenvalue weighted by molar-refractivity contribution is 0.0270. The number of carbonyl (C=O) groups excluding carboxylic acids is 1. The maximum Gasteiger partial charge on any atom is 0.265 e. The van der Waals surface area contributed by atoms with Crippen LogP contribution in [0, 0.1) is 13.8 Å². The molecule has 3 rings (SSSR count). The first-order chi connectivity index (χ1) is 12.3. The highest BCUT2D eigenvalue weighted by molar-refractivity contribution is 7.88. The number of rotatable bonds is 6. The molecular formula is C16H26N4O4S2. The Labute approximate surface area is 158 Å². The van der Waals surface area contributed by atoms with Crippen LogP contribution in [0.15, 0.2) is 0 Å². The predicted octanol–water partition coefficient (Wildman–Crippen LogP) is 0.178. The molecule has 0 bridgehead atoms. The van der Waals surface area contributed by atoms with Gasteiger partial charge < -0.3 is 9.64 Å². The lowest BCUT2D eigenvalue weighted by Crippen LogP contribution is -2.63.